The highest BCUT2D eigenvalue weighted by atomic mass is 16.5. The highest BCUT2D eigenvalue weighted by molar-refractivity contribution is 5.75. The van der Waals surface area contributed by atoms with Gasteiger partial charge in [-0.15, -0.1) is 0 Å². The summed E-state index contributed by atoms with van der Waals surface area (Å²) in [5, 5.41) is 2.82. The minimum Gasteiger partial charge on any atom is -0.377 e. The molecule has 0 saturated heterocycles. The summed E-state index contributed by atoms with van der Waals surface area (Å²) in [6.45, 7) is 8.96. The van der Waals surface area contributed by atoms with Crippen molar-refractivity contribution in [1.82, 2.24) is 5.32 Å². The molecule has 0 aliphatic rings. The first-order valence-electron chi connectivity index (χ1n) is 5.52. The molecular formula is C11H24N2O2. The maximum atomic E-state index is 11.4. The second-order valence-corrected chi connectivity index (χ2v) is 4.56. The lowest BCUT2D eigenvalue weighted by molar-refractivity contribution is -0.122. The van der Waals surface area contributed by atoms with Crippen molar-refractivity contribution in [1.29, 1.82) is 0 Å². The topological polar surface area (TPSA) is 64.3 Å². The van der Waals surface area contributed by atoms with E-state index in [0.29, 0.717) is 26.0 Å². The smallest absolute Gasteiger partial charge is 0.220 e. The summed E-state index contributed by atoms with van der Waals surface area (Å²) in [5.74, 6) is 0.0417. The number of carbonyl (C=O) groups is 1. The van der Waals surface area contributed by atoms with E-state index in [4.69, 9.17) is 10.5 Å². The van der Waals surface area contributed by atoms with Crippen LogP contribution in [0.3, 0.4) is 0 Å². The zero-order valence-corrected chi connectivity index (χ0v) is 10.3. The molecule has 0 spiro atoms. The molecule has 0 aromatic rings. The van der Waals surface area contributed by atoms with Crippen LogP contribution in [0.5, 0.6) is 0 Å². The van der Waals surface area contributed by atoms with E-state index < -0.39 is 0 Å². The Kier molecular flexibility index (Phi) is 6.52. The monoisotopic (exact) mass is 216 g/mol. The number of nitrogens with one attached hydrogen (secondary N) is 1. The van der Waals surface area contributed by atoms with Gasteiger partial charge in [-0.05, 0) is 34.1 Å². The predicted octanol–water partition coefficient (Wildman–Crippen LogP) is 1.05. The van der Waals surface area contributed by atoms with Crippen molar-refractivity contribution >= 4 is 5.91 Å². The number of carbonyl (C=O) groups excluding carboxylic acids is 1. The van der Waals surface area contributed by atoms with Gasteiger partial charge < -0.3 is 15.8 Å². The van der Waals surface area contributed by atoms with E-state index in [9.17, 15) is 4.79 Å². The molecule has 0 aromatic carbocycles. The van der Waals surface area contributed by atoms with Crippen LogP contribution in [-0.4, -0.2) is 30.7 Å². The third-order valence-corrected chi connectivity index (χ3v) is 2.03. The van der Waals surface area contributed by atoms with Crippen LogP contribution < -0.4 is 11.1 Å². The van der Waals surface area contributed by atoms with E-state index in [0.717, 1.165) is 0 Å². The number of ether oxygens (including phenoxy) is 1. The molecule has 0 heterocycles. The summed E-state index contributed by atoms with van der Waals surface area (Å²) < 4.78 is 5.30. The molecule has 1 unspecified atom stereocenters. The van der Waals surface area contributed by atoms with Crippen molar-refractivity contribution in [3.8, 4) is 0 Å². The lowest BCUT2D eigenvalue weighted by atomic mass is 10.00. The fourth-order valence-corrected chi connectivity index (χ4v) is 1.13. The molecule has 0 bridgehead atoms. The SMILES string of the molecule is CCOC(C)CNC(=O)CCC(C)(C)N. The highest BCUT2D eigenvalue weighted by Gasteiger charge is 2.13. The van der Waals surface area contributed by atoms with Crippen LogP contribution in [-0.2, 0) is 9.53 Å². The molecule has 0 fully saturated rings. The average molecular weight is 216 g/mol. The molecule has 90 valence electrons. The third kappa shape index (κ3) is 9.69. The third-order valence-electron chi connectivity index (χ3n) is 2.03. The van der Waals surface area contributed by atoms with Gasteiger partial charge in [0.25, 0.3) is 0 Å². The lowest BCUT2D eigenvalue weighted by Gasteiger charge is -2.18. The van der Waals surface area contributed by atoms with Gasteiger partial charge in [-0.2, -0.15) is 0 Å². The average Bonchev–Trinajstić information content (AvgIpc) is 2.11. The normalized spacial score (nSPS) is 13.7. The van der Waals surface area contributed by atoms with Crippen LogP contribution in [0.25, 0.3) is 0 Å². The maximum absolute atomic E-state index is 11.4. The Hall–Kier alpha value is -0.610. The minimum absolute atomic E-state index is 0.0417. The van der Waals surface area contributed by atoms with Gasteiger partial charge in [0.2, 0.25) is 5.91 Å². The van der Waals surface area contributed by atoms with Crippen molar-refractivity contribution < 1.29 is 9.53 Å². The van der Waals surface area contributed by atoms with Gasteiger partial charge in [0, 0.05) is 25.1 Å². The zero-order valence-electron chi connectivity index (χ0n) is 10.3. The molecule has 3 N–H and O–H groups in total. The molecule has 0 aliphatic carbocycles. The van der Waals surface area contributed by atoms with Crippen LogP contribution in [0.15, 0.2) is 0 Å². The molecule has 0 radical (unpaired) electrons. The van der Waals surface area contributed by atoms with E-state index in [1.54, 1.807) is 0 Å². The van der Waals surface area contributed by atoms with Crippen molar-refractivity contribution in [3.05, 3.63) is 0 Å². The van der Waals surface area contributed by atoms with Gasteiger partial charge in [0.1, 0.15) is 0 Å². The molecule has 4 nitrogen and oxygen atoms in total. The Balaban J connectivity index is 3.58. The second-order valence-electron chi connectivity index (χ2n) is 4.56. The Morgan fingerprint density at radius 3 is 2.60 bits per heavy atom. The van der Waals surface area contributed by atoms with E-state index in [1.807, 2.05) is 27.7 Å². The Morgan fingerprint density at radius 2 is 2.13 bits per heavy atom. The maximum Gasteiger partial charge on any atom is 0.220 e. The summed E-state index contributed by atoms with van der Waals surface area (Å²) in [7, 11) is 0. The molecular weight excluding hydrogens is 192 g/mol. The molecule has 15 heavy (non-hydrogen) atoms. The largest absolute Gasteiger partial charge is 0.377 e. The van der Waals surface area contributed by atoms with Crippen molar-refractivity contribution in [3.63, 3.8) is 0 Å². The second kappa shape index (κ2) is 6.80. The van der Waals surface area contributed by atoms with Crippen LogP contribution in [0.2, 0.25) is 0 Å². The molecule has 4 heteroatoms. The molecule has 0 rings (SSSR count). The zero-order chi connectivity index (χ0) is 11.9. The van der Waals surface area contributed by atoms with Crippen molar-refractivity contribution in [2.24, 2.45) is 5.73 Å². The van der Waals surface area contributed by atoms with Gasteiger partial charge in [-0.1, -0.05) is 0 Å². The Labute approximate surface area is 92.6 Å². The molecule has 1 amide bonds. The lowest BCUT2D eigenvalue weighted by Crippen LogP contribution is -2.36. The van der Waals surface area contributed by atoms with Gasteiger partial charge >= 0.3 is 0 Å². The first-order chi connectivity index (χ1) is 6.85. The summed E-state index contributed by atoms with van der Waals surface area (Å²) in [5.41, 5.74) is 5.51. The fraction of sp³-hybridized carbons (Fsp3) is 0.909. The van der Waals surface area contributed by atoms with Crippen molar-refractivity contribution in [2.45, 2.75) is 52.2 Å². The Morgan fingerprint density at radius 1 is 1.53 bits per heavy atom. The van der Waals surface area contributed by atoms with Gasteiger partial charge in [0.15, 0.2) is 0 Å². The van der Waals surface area contributed by atoms with Crippen molar-refractivity contribution in [2.75, 3.05) is 13.2 Å². The van der Waals surface area contributed by atoms with E-state index in [2.05, 4.69) is 5.32 Å². The predicted molar refractivity (Wildman–Crippen MR) is 61.6 cm³/mol. The van der Waals surface area contributed by atoms with E-state index in [-0.39, 0.29) is 17.6 Å². The number of hydrogen-bond acceptors (Lipinski definition) is 3. The molecule has 0 saturated carbocycles. The molecule has 0 aromatic heterocycles. The number of amides is 1. The number of hydrogen-bond donors (Lipinski definition) is 2. The summed E-state index contributed by atoms with van der Waals surface area (Å²) in [6, 6.07) is 0. The summed E-state index contributed by atoms with van der Waals surface area (Å²) in [6.07, 6.45) is 1.24. The summed E-state index contributed by atoms with van der Waals surface area (Å²) in [4.78, 5) is 11.4. The first-order valence-corrected chi connectivity index (χ1v) is 5.52. The van der Waals surface area contributed by atoms with Gasteiger partial charge in [-0.3, -0.25) is 4.79 Å². The van der Waals surface area contributed by atoms with Crippen LogP contribution in [0, 0.1) is 0 Å². The standard InChI is InChI=1S/C11H24N2O2/c1-5-15-9(2)8-13-10(14)6-7-11(3,4)12/h9H,5-8,12H2,1-4H3,(H,13,14). The molecule has 0 aliphatic heterocycles. The highest BCUT2D eigenvalue weighted by Crippen LogP contribution is 2.06. The van der Waals surface area contributed by atoms with E-state index >= 15 is 0 Å². The van der Waals surface area contributed by atoms with Gasteiger partial charge in [-0.25, -0.2) is 0 Å². The minimum atomic E-state index is -0.275. The van der Waals surface area contributed by atoms with Crippen LogP contribution in [0.4, 0.5) is 0 Å². The number of rotatable bonds is 7. The first kappa shape index (κ1) is 14.4. The van der Waals surface area contributed by atoms with Crippen LogP contribution >= 0.6 is 0 Å². The number of nitrogens with two attached hydrogens (primary N) is 1. The van der Waals surface area contributed by atoms with Crippen LogP contribution in [0.1, 0.15) is 40.5 Å². The van der Waals surface area contributed by atoms with Gasteiger partial charge in [0.05, 0.1) is 6.10 Å². The quantitative estimate of drug-likeness (QED) is 0.668. The van der Waals surface area contributed by atoms with E-state index in [1.165, 1.54) is 0 Å². The molecule has 1 atom stereocenters. The Bertz CT molecular complexity index is 188. The summed E-state index contributed by atoms with van der Waals surface area (Å²) >= 11 is 0. The fourth-order valence-electron chi connectivity index (χ4n) is 1.13.